The Bertz CT molecular complexity index is 315. The molecule has 0 radical (unpaired) electrons. The standard InChI is InChI=1S/C13H25N3O2/c1-9-5-10(7-15-6-9)11(17)16-8-13(2,3)12(18)14-4/h9-10,15H,5-8H2,1-4H3,(H,14,18)(H,16,17). The number of piperidine rings is 1. The number of carbonyl (C=O) groups is 2. The van der Waals surface area contributed by atoms with E-state index < -0.39 is 5.41 Å². The minimum Gasteiger partial charge on any atom is -0.359 e. The van der Waals surface area contributed by atoms with Gasteiger partial charge in [0.2, 0.25) is 11.8 Å². The van der Waals surface area contributed by atoms with Gasteiger partial charge in [-0.3, -0.25) is 9.59 Å². The van der Waals surface area contributed by atoms with Crippen LogP contribution in [0.15, 0.2) is 0 Å². The summed E-state index contributed by atoms with van der Waals surface area (Å²) < 4.78 is 0. The Labute approximate surface area is 109 Å². The van der Waals surface area contributed by atoms with Crippen LogP contribution < -0.4 is 16.0 Å². The van der Waals surface area contributed by atoms with Gasteiger partial charge in [-0.2, -0.15) is 0 Å². The van der Waals surface area contributed by atoms with Gasteiger partial charge >= 0.3 is 0 Å². The molecular weight excluding hydrogens is 230 g/mol. The number of hydrogen-bond acceptors (Lipinski definition) is 3. The Hall–Kier alpha value is -1.10. The number of carbonyl (C=O) groups excluding carboxylic acids is 2. The summed E-state index contributed by atoms with van der Waals surface area (Å²) in [5, 5.41) is 8.76. The van der Waals surface area contributed by atoms with Crippen LogP contribution in [0, 0.1) is 17.3 Å². The van der Waals surface area contributed by atoms with E-state index in [4.69, 9.17) is 0 Å². The normalized spacial score (nSPS) is 24.4. The molecule has 0 saturated carbocycles. The molecule has 2 atom stereocenters. The van der Waals surface area contributed by atoms with E-state index in [1.165, 1.54) is 0 Å². The minimum absolute atomic E-state index is 0.0224. The molecule has 1 aliphatic rings. The van der Waals surface area contributed by atoms with Crippen LogP contribution in [0.5, 0.6) is 0 Å². The first-order valence-electron chi connectivity index (χ1n) is 6.57. The largest absolute Gasteiger partial charge is 0.359 e. The molecule has 1 saturated heterocycles. The highest BCUT2D eigenvalue weighted by Crippen LogP contribution is 2.17. The number of amides is 2. The predicted molar refractivity (Wildman–Crippen MR) is 71.0 cm³/mol. The Morgan fingerprint density at radius 1 is 1.33 bits per heavy atom. The third-order valence-electron chi connectivity index (χ3n) is 3.49. The summed E-state index contributed by atoms with van der Waals surface area (Å²) in [5.74, 6) is 0.541. The summed E-state index contributed by atoms with van der Waals surface area (Å²) in [6.07, 6.45) is 0.916. The lowest BCUT2D eigenvalue weighted by Gasteiger charge is -2.29. The average Bonchev–Trinajstić information content (AvgIpc) is 2.35. The fraction of sp³-hybridized carbons (Fsp3) is 0.846. The van der Waals surface area contributed by atoms with Crippen molar-refractivity contribution in [2.24, 2.45) is 17.3 Å². The van der Waals surface area contributed by atoms with Crippen LogP contribution in [-0.2, 0) is 9.59 Å². The lowest BCUT2D eigenvalue weighted by molar-refractivity contribution is -0.130. The molecule has 1 rings (SSSR count). The molecule has 2 amide bonds. The predicted octanol–water partition coefficient (Wildman–Crippen LogP) is 0.120. The minimum atomic E-state index is -0.571. The van der Waals surface area contributed by atoms with Crippen LogP contribution in [0.4, 0.5) is 0 Å². The van der Waals surface area contributed by atoms with Crippen LogP contribution in [0.25, 0.3) is 0 Å². The summed E-state index contributed by atoms with van der Waals surface area (Å²) in [6, 6.07) is 0. The van der Waals surface area contributed by atoms with Crippen molar-refractivity contribution in [2.75, 3.05) is 26.7 Å². The van der Waals surface area contributed by atoms with Crippen LogP contribution in [0.1, 0.15) is 27.2 Å². The Morgan fingerprint density at radius 3 is 2.56 bits per heavy atom. The van der Waals surface area contributed by atoms with Crippen LogP contribution in [0.3, 0.4) is 0 Å². The van der Waals surface area contributed by atoms with E-state index in [0.717, 1.165) is 19.5 Å². The topological polar surface area (TPSA) is 70.2 Å². The monoisotopic (exact) mass is 255 g/mol. The van der Waals surface area contributed by atoms with Crippen molar-refractivity contribution in [3.8, 4) is 0 Å². The lowest BCUT2D eigenvalue weighted by atomic mass is 9.89. The van der Waals surface area contributed by atoms with E-state index >= 15 is 0 Å². The van der Waals surface area contributed by atoms with Crippen LogP contribution in [0.2, 0.25) is 0 Å². The molecule has 2 unspecified atom stereocenters. The van der Waals surface area contributed by atoms with Gasteiger partial charge in [-0.1, -0.05) is 6.92 Å². The highest BCUT2D eigenvalue weighted by atomic mass is 16.2. The second kappa shape index (κ2) is 6.18. The molecule has 1 heterocycles. The highest BCUT2D eigenvalue weighted by molar-refractivity contribution is 5.83. The van der Waals surface area contributed by atoms with Gasteiger partial charge in [0.05, 0.1) is 11.3 Å². The van der Waals surface area contributed by atoms with Gasteiger partial charge in [-0.15, -0.1) is 0 Å². The Morgan fingerprint density at radius 2 is 2.00 bits per heavy atom. The maximum Gasteiger partial charge on any atom is 0.227 e. The van der Waals surface area contributed by atoms with E-state index in [1.807, 2.05) is 13.8 Å². The van der Waals surface area contributed by atoms with E-state index in [0.29, 0.717) is 12.5 Å². The molecule has 1 aliphatic heterocycles. The molecule has 0 aromatic carbocycles. The molecule has 18 heavy (non-hydrogen) atoms. The summed E-state index contributed by atoms with van der Waals surface area (Å²) in [7, 11) is 1.61. The van der Waals surface area contributed by atoms with E-state index in [9.17, 15) is 9.59 Å². The zero-order valence-electron chi connectivity index (χ0n) is 11.8. The summed E-state index contributed by atoms with van der Waals surface area (Å²) in [5.41, 5.74) is -0.571. The Kier molecular flexibility index (Phi) is 5.14. The third-order valence-corrected chi connectivity index (χ3v) is 3.49. The molecule has 3 N–H and O–H groups in total. The van der Waals surface area contributed by atoms with Crippen molar-refractivity contribution in [2.45, 2.75) is 27.2 Å². The second-order valence-corrected chi connectivity index (χ2v) is 5.88. The van der Waals surface area contributed by atoms with Crippen molar-refractivity contribution in [3.05, 3.63) is 0 Å². The average molecular weight is 255 g/mol. The number of hydrogen-bond donors (Lipinski definition) is 3. The smallest absolute Gasteiger partial charge is 0.227 e. The SMILES string of the molecule is CNC(=O)C(C)(C)CNC(=O)C1CNCC(C)C1. The van der Waals surface area contributed by atoms with Crippen molar-refractivity contribution in [1.29, 1.82) is 0 Å². The van der Waals surface area contributed by atoms with Crippen molar-refractivity contribution in [1.82, 2.24) is 16.0 Å². The first-order valence-corrected chi connectivity index (χ1v) is 6.57. The summed E-state index contributed by atoms with van der Waals surface area (Å²) in [6.45, 7) is 7.88. The molecule has 0 spiro atoms. The first-order chi connectivity index (χ1) is 8.36. The van der Waals surface area contributed by atoms with E-state index in [1.54, 1.807) is 7.05 Å². The fourth-order valence-electron chi connectivity index (χ4n) is 2.23. The number of rotatable bonds is 4. The van der Waals surface area contributed by atoms with Gasteiger partial charge in [-0.25, -0.2) is 0 Å². The molecule has 104 valence electrons. The van der Waals surface area contributed by atoms with E-state index in [-0.39, 0.29) is 17.7 Å². The van der Waals surface area contributed by atoms with Gasteiger partial charge in [0, 0.05) is 20.1 Å². The molecule has 5 nitrogen and oxygen atoms in total. The van der Waals surface area contributed by atoms with Gasteiger partial charge in [0.1, 0.15) is 0 Å². The number of nitrogens with one attached hydrogen (secondary N) is 3. The third kappa shape index (κ3) is 3.98. The zero-order chi connectivity index (χ0) is 13.8. The fourth-order valence-corrected chi connectivity index (χ4v) is 2.23. The van der Waals surface area contributed by atoms with Crippen molar-refractivity contribution < 1.29 is 9.59 Å². The van der Waals surface area contributed by atoms with Crippen molar-refractivity contribution >= 4 is 11.8 Å². The zero-order valence-corrected chi connectivity index (χ0v) is 11.8. The summed E-state index contributed by atoms with van der Waals surface area (Å²) in [4.78, 5) is 23.6. The molecular formula is C13H25N3O2. The van der Waals surface area contributed by atoms with Gasteiger partial charge in [-0.05, 0) is 32.7 Å². The molecule has 0 bridgehead atoms. The van der Waals surface area contributed by atoms with Crippen LogP contribution in [-0.4, -0.2) is 38.5 Å². The molecule has 0 aromatic heterocycles. The lowest BCUT2D eigenvalue weighted by Crippen LogP contribution is -2.48. The maximum absolute atomic E-state index is 12.0. The van der Waals surface area contributed by atoms with Gasteiger partial charge < -0.3 is 16.0 Å². The molecule has 0 aromatic rings. The first kappa shape index (κ1) is 15.0. The van der Waals surface area contributed by atoms with E-state index in [2.05, 4.69) is 22.9 Å². The summed E-state index contributed by atoms with van der Waals surface area (Å²) >= 11 is 0. The van der Waals surface area contributed by atoms with Gasteiger partial charge in [0.15, 0.2) is 0 Å². The van der Waals surface area contributed by atoms with Crippen LogP contribution >= 0.6 is 0 Å². The Balaban J connectivity index is 2.43. The second-order valence-electron chi connectivity index (χ2n) is 5.88. The highest BCUT2D eigenvalue weighted by Gasteiger charge is 2.30. The quantitative estimate of drug-likeness (QED) is 0.668. The molecule has 1 fully saturated rings. The molecule has 0 aliphatic carbocycles. The van der Waals surface area contributed by atoms with Crippen molar-refractivity contribution in [3.63, 3.8) is 0 Å². The maximum atomic E-state index is 12.0. The molecule has 5 heteroatoms. The van der Waals surface area contributed by atoms with Gasteiger partial charge in [0.25, 0.3) is 0 Å².